The number of hydrogen-bond acceptors (Lipinski definition) is 5. The summed E-state index contributed by atoms with van der Waals surface area (Å²) in [6, 6.07) is 16.8. The predicted octanol–water partition coefficient (Wildman–Crippen LogP) is 3.73. The molecular weight excluding hydrogens is 366 g/mol. The maximum atomic E-state index is 12.5. The Morgan fingerprint density at radius 1 is 0.931 bits per heavy atom. The van der Waals surface area contributed by atoms with Crippen LogP contribution in [0.25, 0.3) is 0 Å². The van der Waals surface area contributed by atoms with Crippen LogP contribution in [0.15, 0.2) is 54.6 Å². The average Bonchev–Trinajstić information content (AvgIpc) is 2.67. The normalized spacial score (nSPS) is 10.3. The van der Waals surface area contributed by atoms with Crippen LogP contribution in [0.5, 0.6) is 0 Å². The van der Waals surface area contributed by atoms with Crippen molar-refractivity contribution in [1.29, 1.82) is 0 Å². The summed E-state index contributed by atoms with van der Waals surface area (Å²) in [5.41, 5.74) is 4.59. The Hall–Kier alpha value is -3.74. The van der Waals surface area contributed by atoms with Crippen molar-refractivity contribution in [2.75, 3.05) is 10.6 Å². The molecule has 3 aromatic rings. The summed E-state index contributed by atoms with van der Waals surface area (Å²) in [6.07, 6.45) is 0. The van der Waals surface area contributed by atoms with Crippen molar-refractivity contribution in [3.8, 4) is 0 Å². The van der Waals surface area contributed by atoms with Gasteiger partial charge in [0.2, 0.25) is 11.9 Å². The van der Waals surface area contributed by atoms with Crippen LogP contribution in [0.4, 0.5) is 17.3 Å². The number of hydrogen-bond donors (Lipinski definition) is 3. The van der Waals surface area contributed by atoms with Gasteiger partial charge in [-0.15, -0.1) is 0 Å². The van der Waals surface area contributed by atoms with Gasteiger partial charge in [-0.25, -0.2) is 9.97 Å². The molecule has 0 saturated carbocycles. The van der Waals surface area contributed by atoms with Crippen molar-refractivity contribution in [1.82, 2.24) is 15.3 Å². The van der Waals surface area contributed by atoms with E-state index in [9.17, 15) is 9.59 Å². The van der Waals surface area contributed by atoms with Gasteiger partial charge < -0.3 is 16.0 Å². The van der Waals surface area contributed by atoms with Crippen LogP contribution in [-0.4, -0.2) is 21.8 Å². The molecule has 0 spiro atoms. The lowest BCUT2D eigenvalue weighted by Gasteiger charge is -2.10. The highest BCUT2D eigenvalue weighted by Gasteiger charge is 2.11. The van der Waals surface area contributed by atoms with Crippen molar-refractivity contribution in [2.45, 2.75) is 27.3 Å². The van der Waals surface area contributed by atoms with Crippen LogP contribution in [0, 0.1) is 13.8 Å². The van der Waals surface area contributed by atoms with Crippen LogP contribution < -0.4 is 16.0 Å². The second kappa shape index (κ2) is 8.97. The zero-order chi connectivity index (χ0) is 20.8. The van der Waals surface area contributed by atoms with Crippen LogP contribution in [0.2, 0.25) is 0 Å². The van der Waals surface area contributed by atoms with E-state index >= 15 is 0 Å². The first-order chi connectivity index (χ1) is 13.9. The molecule has 2 amide bonds. The van der Waals surface area contributed by atoms with Crippen molar-refractivity contribution < 1.29 is 9.59 Å². The summed E-state index contributed by atoms with van der Waals surface area (Å²) in [7, 11) is 0. The van der Waals surface area contributed by atoms with E-state index in [4.69, 9.17) is 0 Å². The predicted molar refractivity (Wildman–Crippen MR) is 113 cm³/mol. The fourth-order valence-electron chi connectivity index (χ4n) is 2.81. The quantitative estimate of drug-likeness (QED) is 0.597. The Balaban J connectivity index is 1.68. The molecular formula is C22H23N5O2. The summed E-state index contributed by atoms with van der Waals surface area (Å²) < 4.78 is 0. The highest BCUT2D eigenvalue weighted by atomic mass is 16.2. The first-order valence-electron chi connectivity index (χ1n) is 9.23. The Morgan fingerprint density at radius 3 is 2.34 bits per heavy atom. The maximum Gasteiger partial charge on any atom is 0.270 e. The monoisotopic (exact) mass is 389 g/mol. The lowest BCUT2D eigenvalue weighted by molar-refractivity contribution is -0.114. The van der Waals surface area contributed by atoms with Gasteiger partial charge in [0.05, 0.1) is 0 Å². The number of aromatic nitrogens is 2. The van der Waals surface area contributed by atoms with Gasteiger partial charge in [-0.05, 0) is 49.7 Å². The van der Waals surface area contributed by atoms with Gasteiger partial charge in [0.15, 0.2) is 0 Å². The molecule has 0 unspecified atom stereocenters. The topological polar surface area (TPSA) is 96.0 Å². The van der Waals surface area contributed by atoms with E-state index in [0.717, 1.165) is 16.8 Å². The lowest BCUT2D eigenvalue weighted by Crippen LogP contribution is -2.24. The summed E-state index contributed by atoms with van der Waals surface area (Å²) in [6.45, 7) is 5.71. The number of amides is 2. The summed E-state index contributed by atoms with van der Waals surface area (Å²) in [5, 5.41) is 8.69. The van der Waals surface area contributed by atoms with E-state index in [1.807, 2.05) is 38.1 Å². The molecule has 0 atom stereocenters. The second-order valence-electron chi connectivity index (χ2n) is 6.77. The van der Waals surface area contributed by atoms with E-state index in [1.54, 1.807) is 30.3 Å². The van der Waals surface area contributed by atoms with Crippen molar-refractivity contribution in [2.24, 2.45) is 0 Å². The second-order valence-corrected chi connectivity index (χ2v) is 6.77. The third-order valence-electron chi connectivity index (χ3n) is 4.08. The molecule has 3 rings (SSSR count). The van der Waals surface area contributed by atoms with Gasteiger partial charge in [-0.1, -0.05) is 29.8 Å². The van der Waals surface area contributed by atoms with Crippen LogP contribution in [0.3, 0.4) is 0 Å². The number of nitrogens with zero attached hydrogens (tertiary/aromatic N) is 2. The van der Waals surface area contributed by atoms with Crippen molar-refractivity contribution >= 4 is 29.1 Å². The Kier molecular flexibility index (Phi) is 6.19. The molecule has 7 nitrogen and oxygen atoms in total. The number of nitrogens with one attached hydrogen (secondary N) is 3. The van der Waals surface area contributed by atoms with Crippen LogP contribution in [0.1, 0.15) is 34.2 Å². The Labute approximate surface area is 169 Å². The molecule has 29 heavy (non-hydrogen) atoms. The molecule has 7 heteroatoms. The Morgan fingerprint density at radius 2 is 1.66 bits per heavy atom. The number of rotatable bonds is 6. The van der Waals surface area contributed by atoms with E-state index in [0.29, 0.717) is 29.6 Å². The van der Waals surface area contributed by atoms with E-state index in [2.05, 4.69) is 25.9 Å². The SMILES string of the molecule is CC(=O)Nc1ccc(Nc2nc(C)cc(C(=O)NCc3cccc(C)c3)n2)cc1. The highest BCUT2D eigenvalue weighted by Crippen LogP contribution is 2.17. The summed E-state index contributed by atoms with van der Waals surface area (Å²) in [4.78, 5) is 32.3. The number of carbonyl (C=O) groups excluding carboxylic acids is 2. The van der Waals surface area contributed by atoms with Gasteiger partial charge >= 0.3 is 0 Å². The number of anilines is 3. The third kappa shape index (κ3) is 5.87. The maximum absolute atomic E-state index is 12.5. The molecule has 0 bridgehead atoms. The van der Waals surface area contributed by atoms with Crippen molar-refractivity contribution in [3.63, 3.8) is 0 Å². The highest BCUT2D eigenvalue weighted by molar-refractivity contribution is 5.92. The molecule has 0 aliphatic carbocycles. The van der Waals surface area contributed by atoms with Gasteiger partial charge in [0.25, 0.3) is 5.91 Å². The van der Waals surface area contributed by atoms with E-state index in [-0.39, 0.29) is 11.8 Å². The fourth-order valence-corrected chi connectivity index (χ4v) is 2.81. The zero-order valence-corrected chi connectivity index (χ0v) is 16.6. The van der Waals surface area contributed by atoms with E-state index < -0.39 is 0 Å². The minimum absolute atomic E-state index is 0.131. The van der Waals surface area contributed by atoms with Gasteiger partial charge in [0, 0.05) is 30.5 Å². The first kappa shape index (κ1) is 20.0. The van der Waals surface area contributed by atoms with Gasteiger partial charge in [-0.3, -0.25) is 9.59 Å². The third-order valence-corrected chi connectivity index (χ3v) is 4.08. The molecule has 1 heterocycles. The van der Waals surface area contributed by atoms with Gasteiger partial charge in [-0.2, -0.15) is 0 Å². The Bertz CT molecular complexity index is 1030. The van der Waals surface area contributed by atoms with Crippen molar-refractivity contribution in [3.05, 3.63) is 77.1 Å². The number of carbonyl (C=O) groups is 2. The standard InChI is InChI=1S/C22H23N5O2/c1-14-5-4-6-17(11-14)13-23-21(29)20-12-15(2)24-22(27-20)26-19-9-7-18(8-10-19)25-16(3)28/h4-12H,13H2,1-3H3,(H,23,29)(H,25,28)(H,24,26,27). The smallest absolute Gasteiger partial charge is 0.270 e. The largest absolute Gasteiger partial charge is 0.347 e. The molecule has 0 fully saturated rings. The fraction of sp³-hybridized carbons (Fsp3) is 0.182. The van der Waals surface area contributed by atoms with Gasteiger partial charge in [0.1, 0.15) is 5.69 Å². The minimum Gasteiger partial charge on any atom is -0.347 e. The molecule has 2 aromatic carbocycles. The van der Waals surface area contributed by atoms with Crippen LogP contribution >= 0.6 is 0 Å². The molecule has 0 aliphatic heterocycles. The molecule has 0 saturated heterocycles. The first-order valence-corrected chi connectivity index (χ1v) is 9.23. The van der Waals surface area contributed by atoms with Crippen LogP contribution in [-0.2, 0) is 11.3 Å². The molecule has 3 N–H and O–H groups in total. The number of benzene rings is 2. The zero-order valence-electron chi connectivity index (χ0n) is 16.6. The van der Waals surface area contributed by atoms with E-state index in [1.165, 1.54) is 6.92 Å². The molecule has 1 aromatic heterocycles. The number of aryl methyl sites for hydroxylation is 2. The summed E-state index contributed by atoms with van der Waals surface area (Å²) in [5.74, 6) is -0.0620. The minimum atomic E-state index is -0.263. The molecule has 0 radical (unpaired) electrons. The molecule has 0 aliphatic rings. The summed E-state index contributed by atoms with van der Waals surface area (Å²) >= 11 is 0. The lowest BCUT2D eigenvalue weighted by atomic mass is 10.1. The average molecular weight is 389 g/mol. The molecule has 148 valence electrons.